The minimum absolute atomic E-state index is 0.130. The number of urea groups is 1. The molecule has 9 heteroatoms. The highest BCUT2D eigenvalue weighted by molar-refractivity contribution is 14.1. The summed E-state index contributed by atoms with van der Waals surface area (Å²) in [4.78, 5) is 39.4. The lowest BCUT2D eigenvalue weighted by Gasteiger charge is -2.26. The Morgan fingerprint density at radius 3 is 2.49 bits per heavy atom. The third kappa shape index (κ3) is 5.38. The van der Waals surface area contributed by atoms with E-state index in [0.717, 1.165) is 17.6 Å². The molecule has 0 spiro atoms. The van der Waals surface area contributed by atoms with Gasteiger partial charge in [-0.05, 0) is 88.5 Å². The molecule has 1 N–H and O–H groups in total. The zero-order valence-corrected chi connectivity index (χ0v) is 22.7. The number of halogens is 2. The number of amides is 4. The van der Waals surface area contributed by atoms with Crippen LogP contribution in [0.5, 0.6) is 5.75 Å². The summed E-state index contributed by atoms with van der Waals surface area (Å²) in [5.74, 6) is -1.04. The molecule has 0 aromatic heterocycles. The van der Waals surface area contributed by atoms with E-state index < -0.39 is 17.8 Å². The monoisotopic (exact) mass is 689 g/mol. The zero-order chi connectivity index (χ0) is 25.1. The first-order valence-electron chi connectivity index (χ1n) is 10.4. The van der Waals surface area contributed by atoms with Crippen LogP contribution < -0.4 is 15.0 Å². The number of nitrogens with one attached hydrogen (secondary N) is 1. The molecule has 0 saturated carbocycles. The number of rotatable bonds is 5. The number of ether oxygens (including phenoxy) is 1. The highest BCUT2D eigenvalue weighted by Gasteiger charge is 2.37. The molecule has 1 aliphatic rings. The lowest BCUT2D eigenvalue weighted by atomic mass is 10.1. The molecule has 1 saturated heterocycles. The SMILES string of the molecule is Cc1ccc(N2C(=O)NC(=O)/C(=C\c3cc(I)cc(I)c3OCc3ccccc3C#N)C2=O)cc1. The fraction of sp³-hybridized carbons (Fsp3) is 0.0769. The largest absolute Gasteiger partial charge is 0.487 e. The number of barbiturate groups is 1. The molecular weight excluding hydrogens is 672 g/mol. The summed E-state index contributed by atoms with van der Waals surface area (Å²) in [7, 11) is 0. The van der Waals surface area contributed by atoms with Crippen molar-refractivity contribution in [2.24, 2.45) is 0 Å². The van der Waals surface area contributed by atoms with E-state index in [4.69, 9.17) is 4.74 Å². The van der Waals surface area contributed by atoms with Crippen molar-refractivity contribution in [2.75, 3.05) is 4.90 Å². The number of carbonyl (C=O) groups excluding carboxylic acids is 3. The van der Waals surface area contributed by atoms with Gasteiger partial charge in [0.25, 0.3) is 11.8 Å². The van der Waals surface area contributed by atoms with Gasteiger partial charge in [-0.25, -0.2) is 9.69 Å². The normalized spacial score (nSPS) is 14.6. The number of anilines is 1. The molecule has 1 fully saturated rings. The number of benzene rings is 3. The van der Waals surface area contributed by atoms with E-state index in [9.17, 15) is 19.6 Å². The lowest BCUT2D eigenvalue weighted by Crippen LogP contribution is -2.54. The van der Waals surface area contributed by atoms with E-state index in [2.05, 4.69) is 56.6 Å². The average Bonchev–Trinajstić information content (AvgIpc) is 2.82. The van der Waals surface area contributed by atoms with E-state index in [1.807, 2.05) is 19.1 Å². The van der Waals surface area contributed by atoms with E-state index in [1.54, 1.807) is 48.5 Å². The summed E-state index contributed by atoms with van der Waals surface area (Å²) in [5, 5.41) is 11.6. The summed E-state index contributed by atoms with van der Waals surface area (Å²) in [6.07, 6.45) is 1.43. The van der Waals surface area contributed by atoms with Crippen LogP contribution in [-0.2, 0) is 16.2 Å². The van der Waals surface area contributed by atoms with Gasteiger partial charge in [0.05, 0.1) is 20.9 Å². The number of hydrogen-bond acceptors (Lipinski definition) is 5. The number of carbonyl (C=O) groups is 3. The Bertz CT molecular complexity index is 1430. The molecule has 0 unspecified atom stereocenters. The van der Waals surface area contributed by atoms with Gasteiger partial charge in [-0.2, -0.15) is 5.26 Å². The van der Waals surface area contributed by atoms with Gasteiger partial charge in [-0.3, -0.25) is 14.9 Å². The first-order chi connectivity index (χ1) is 16.8. The van der Waals surface area contributed by atoms with E-state index in [-0.39, 0.29) is 12.2 Å². The first kappa shape index (κ1) is 24.9. The molecule has 0 radical (unpaired) electrons. The van der Waals surface area contributed by atoms with Crippen molar-refractivity contribution in [1.82, 2.24) is 5.32 Å². The van der Waals surface area contributed by atoms with Crippen LogP contribution in [0.4, 0.5) is 10.5 Å². The molecule has 0 atom stereocenters. The van der Waals surface area contributed by atoms with Crippen molar-refractivity contribution in [2.45, 2.75) is 13.5 Å². The fourth-order valence-corrected chi connectivity index (χ4v) is 5.53. The summed E-state index contributed by atoms with van der Waals surface area (Å²) in [6, 6.07) is 19.0. The quantitative estimate of drug-likeness (QED) is 0.222. The predicted octanol–water partition coefficient (Wildman–Crippen LogP) is 5.32. The Morgan fingerprint density at radius 2 is 1.77 bits per heavy atom. The molecule has 0 aliphatic carbocycles. The summed E-state index contributed by atoms with van der Waals surface area (Å²) in [6.45, 7) is 2.02. The molecule has 4 amide bonds. The van der Waals surface area contributed by atoms with Gasteiger partial charge in [-0.1, -0.05) is 35.9 Å². The van der Waals surface area contributed by atoms with E-state index in [1.165, 1.54) is 6.08 Å². The molecule has 7 nitrogen and oxygen atoms in total. The smallest absolute Gasteiger partial charge is 0.335 e. The van der Waals surface area contributed by atoms with Gasteiger partial charge < -0.3 is 4.74 Å². The highest BCUT2D eigenvalue weighted by Crippen LogP contribution is 2.32. The topological polar surface area (TPSA) is 99.5 Å². The summed E-state index contributed by atoms with van der Waals surface area (Å²) < 4.78 is 7.72. The number of aryl methyl sites for hydroxylation is 1. The second-order valence-corrected chi connectivity index (χ2v) is 10.1. The Balaban J connectivity index is 1.72. The Hall–Kier alpha value is -3.24. The van der Waals surface area contributed by atoms with Crippen LogP contribution in [0, 0.1) is 25.4 Å². The molecule has 1 heterocycles. The van der Waals surface area contributed by atoms with Crippen molar-refractivity contribution in [1.29, 1.82) is 5.26 Å². The van der Waals surface area contributed by atoms with Crippen molar-refractivity contribution < 1.29 is 19.1 Å². The number of nitrogens with zero attached hydrogens (tertiary/aromatic N) is 2. The average molecular weight is 689 g/mol. The van der Waals surface area contributed by atoms with Crippen LogP contribution in [-0.4, -0.2) is 17.8 Å². The number of hydrogen-bond donors (Lipinski definition) is 1. The molecule has 1 aliphatic heterocycles. The van der Waals surface area contributed by atoms with Gasteiger partial charge in [0.15, 0.2) is 0 Å². The van der Waals surface area contributed by atoms with Crippen molar-refractivity contribution in [3.8, 4) is 11.8 Å². The first-order valence-corrected chi connectivity index (χ1v) is 12.5. The molecule has 4 rings (SSSR count). The maximum Gasteiger partial charge on any atom is 0.335 e. The van der Waals surface area contributed by atoms with Crippen LogP contribution in [0.15, 0.2) is 66.2 Å². The summed E-state index contributed by atoms with van der Waals surface area (Å²) >= 11 is 4.26. The molecule has 35 heavy (non-hydrogen) atoms. The Morgan fingerprint density at radius 1 is 1.06 bits per heavy atom. The van der Waals surface area contributed by atoms with E-state index in [0.29, 0.717) is 28.1 Å². The Kier molecular flexibility index (Phi) is 7.51. The van der Waals surface area contributed by atoms with Gasteiger partial charge in [0, 0.05) is 14.7 Å². The van der Waals surface area contributed by atoms with Crippen molar-refractivity contribution in [3.63, 3.8) is 0 Å². The van der Waals surface area contributed by atoms with E-state index >= 15 is 0 Å². The maximum atomic E-state index is 13.3. The van der Waals surface area contributed by atoms with Crippen molar-refractivity contribution in [3.05, 3.63) is 95.6 Å². The third-order valence-electron chi connectivity index (χ3n) is 5.24. The Labute approximate surface area is 229 Å². The molecule has 3 aromatic rings. The number of nitriles is 1. The molecule has 174 valence electrons. The third-order valence-corrected chi connectivity index (χ3v) is 6.66. The van der Waals surface area contributed by atoms with Crippen LogP contribution in [0.25, 0.3) is 6.08 Å². The zero-order valence-electron chi connectivity index (χ0n) is 18.3. The summed E-state index contributed by atoms with van der Waals surface area (Å²) in [5.41, 5.74) is 2.86. The highest BCUT2D eigenvalue weighted by atomic mass is 127. The van der Waals surface area contributed by atoms with Gasteiger partial charge in [0.1, 0.15) is 17.9 Å². The second-order valence-electron chi connectivity index (χ2n) is 7.66. The minimum atomic E-state index is -0.803. The van der Waals surface area contributed by atoms with Gasteiger partial charge in [-0.15, -0.1) is 0 Å². The van der Waals surface area contributed by atoms with Crippen LogP contribution in [0.1, 0.15) is 22.3 Å². The minimum Gasteiger partial charge on any atom is -0.487 e. The van der Waals surface area contributed by atoms with Crippen LogP contribution >= 0.6 is 45.2 Å². The molecular formula is C26H17I2N3O4. The van der Waals surface area contributed by atoms with Gasteiger partial charge in [0.2, 0.25) is 0 Å². The fourth-order valence-electron chi connectivity index (χ4n) is 3.49. The molecule has 3 aromatic carbocycles. The van der Waals surface area contributed by atoms with Crippen molar-refractivity contribution >= 4 is 74.8 Å². The van der Waals surface area contributed by atoms with Gasteiger partial charge >= 0.3 is 6.03 Å². The maximum absolute atomic E-state index is 13.3. The number of imide groups is 2. The van der Waals surface area contributed by atoms with Crippen LogP contribution in [0.3, 0.4) is 0 Å². The van der Waals surface area contributed by atoms with Crippen LogP contribution in [0.2, 0.25) is 0 Å². The molecule has 0 bridgehead atoms. The second kappa shape index (κ2) is 10.6. The predicted molar refractivity (Wildman–Crippen MR) is 148 cm³/mol. The lowest BCUT2D eigenvalue weighted by molar-refractivity contribution is -0.122. The standard InChI is InChI=1S/C26H17I2N3O4/c1-15-6-8-20(9-7-15)31-25(33)21(24(32)30-26(31)34)11-18-10-19(27)12-22(28)23(18)35-14-17-5-3-2-4-16(17)13-29/h2-12H,14H2,1H3,(H,30,32,34)/b21-11+.